The Morgan fingerprint density at radius 2 is 2.05 bits per heavy atom. The molecule has 21 heavy (non-hydrogen) atoms. The summed E-state index contributed by atoms with van der Waals surface area (Å²) in [5.74, 6) is 0.814. The summed E-state index contributed by atoms with van der Waals surface area (Å²) in [5.41, 5.74) is 9.25. The Bertz CT molecular complexity index is 481. The smallest absolute Gasteiger partial charge is 0.242 e. The lowest BCUT2D eigenvalue weighted by Crippen LogP contribution is -2.50. The van der Waals surface area contributed by atoms with Crippen LogP contribution in [0, 0.1) is 19.8 Å². The van der Waals surface area contributed by atoms with E-state index in [9.17, 15) is 4.79 Å². The standard InChI is InChI=1S/C17H27N3O/c1-12-7-8-20(15(9-12)10-18)16(21)11-19-17-13(2)5-4-6-14(17)3/h4-6,12,15,19H,7-11,18H2,1-3H3. The van der Waals surface area contributed by atoms with Crippen molar-refractivity contribution in [3.05, 3.63) is 29.3 Å². The predicted molar refractivity (Wildman–Crippen MR) is 87.4 cm³/mol. The average molecular weight is 289 g/mol. The van der Waals surface area contributed by atoms with E-state index in [4.69, 9.17) is 5.73 Å². The zero-order chi connectivity index (χ0) is 15.4. The van der Waals surface area contributed by atoms with Gasteiger partial charge in [-0.15, -0.1) is 0 Å². The van der Waals surface area contributed by atoms with E-state index < -0.39 is 0 Å². The molecule has 1 amide bonds. The highest BCUT2D eigenvalue weighted by Gasteiger charge is 2.28. The molecule has 1 aliphatic heterocycles. The van der Waals surface area contributed by atoms with Crippen LogP contribution in [0.15, 0.2) is 18.2 Å². The number of aryl methyl sites for hydroxylation is 2. The van der Waals surface area contributed by atoms with Crippen LogP contribution in [-0.2, 0) is 4.79 Å². The van der Waals surface area contributed by atoms with Crippen LogP contribution in [0.4, 0.5) is 5.69 Å². The van der Waals surface area contributed by atoms with Crippen molar-refractivity contribution < 1.29 is 4.79 Å². The number of nitrogens with two attached hydrogens (primary N) is 1. The van der Waals surface area contributed by atoms with Crippen LogP contribution in [0.1, 0.15) is 30.9 Å². The first-order valence-corrected chi connectivity index (χ1v) is 7.82. The number of hydrogen-bond acceptors (Lipinski definition) is 3. The van der Waals surface area contributed by atoms with Crippen LogP contribution in [0.5, 0.6) is 0 Å². The van der Waals surface area contributed by atoms with E-state index in [1.165, 1.54) is 11.1 Å². The average Bonchev–Trinajstić information content (AvgIpc) is 2.46. The Morgan fingerprint density at radius 1 is 1.38 bits per heavy atom. The van der Waals surface area contributed by atoms with Crippen molar-refractivity contribution in [2.24, 2.45) is 11.7 Å². The summed E-state index contributed by atoms with van der Waals surface area (Å²) in [6.07, 6.45) is 2.09. The molecular weight excluding hydrogens is 262 g/mol. The van der Waals surface area contributed by atoms with Gasteiger partial charge in [-0.3, -0.25) is 4.79 Å². The van der Waals surface area contributed by atoms with Crippen molar-refractivity contribution in [2.45, 2.75) is 39.7 Å². The first kappa shape index (κ1) is 15.8. The number of rotatable bonds is 4. The molecule has 4 nitrogen and oxygen atoms in total. The summed E-state index contributed by atoms with van der Waals surface area (Å²) in [6, 6.07) is 6.35. The molecule has 116 valence electrons. The highest BCUT2D eigenvalue weighted by Crippen LogP contribution is 2.23. The molecule has 2 atom stereocenters. The quantitative estimate of drug-likeness (QED) is 0.894. The summed E-state index contributed by atoms with van der Waals surface area (Å²) < 4.78 is 0. The molecule has 1 aromatic carbocycles. The van der Waals surface area contributed by atoms with Crippen molar-refractivity contribution >= 4 is 11.6 Å². The highest BCUT2D eigenvalue weighted by molar-refractivity contribution is 5.82. The molecule has 2 unspecified atom stereocenters. The Labute approximate surface area is 127 Å². The van der Waals surface area contributed by atoms with E-state index >= 15 is 0 Å². The molecular formula is C17H27N3O. The molecule has 1 saturated heterocycles. The Hall–Kier alpha value is -1.55. The monoisotopic (exact) mass is 289 g/mol. The van der Waals surface area contributed by atoms with Crippen LogP contribution in [0.2, 0.25) is 0 Å². The molecule has 0 bridgehead atoms. The number of hydrogen-bond donors (Lipinski definition) is 2. The lowest BCUT2D eigenvalue weighted by atomic mass is 9.92. The third kappa shape index (κ3) is 3.76. The fraction of sp³-hybridized carbons (Fsp3) is 0.588. The topological polar surface area (TPSA) is 58.4 Å². The summed E-state index contributed by atoms with van der Waals surface area (Å²) in [6.45, 7) is 8.09. The number of nitrogens with one attached hydrogen (secondary N) is 1. The van der Waals surface area contributed by atoms with Crippen molar-refractivity contribution in [1.29, 1.82) is 0 Å². The normalized spacial score (nSPS) is 22.2. The molecule has 4 heteroatoms. The van der Waals surface area contributed by atoms with Crippen LogP contribution in [0.3, 0.4) is 0 Å². The number of carbonyl (C=O) groups is 1. The summed E-state index contributed by atoms with van der Waals surface area (Å²) in [4.78, 5) is 14.4. The zero-order valence-electron chi connectivity index (χ0n) is 13.4. The van der Waals surface area contributed by atoms with Gasteiger partial charge in [-0.1, -0.05) is 25.1 Å². The summed E-state index contributed by atoms with van der Waals surface area (Å²) in [7, 11) is 0. The maximum absolute atomic E-state index is 12.5. The number of benzene rings is 1. The van der Waals surface area contributed by atoms with E-state index in [1.54, 1.807) is 0 Å². The zero-order valence-corrected chi connectivity index (χ0v) is 13.4. The fourth-order valence-corrected chi connectivity index (χ4v) is 3.16. The first-order valence-electron chi connectivity index (χ1n) is 7.82. The minimum Gasteiger partial charge on any atom is -0.376 e. The van der Waals surface area contributed by atoms with E-state index in [1.807, 2.05) is 11.0 Å². The molecule has 1 heterocycles. The van der Waals surface area contributed by atoms with Gasteiger partial charge in [0.05, 0.1) is 6.54 Å². The third-order valence-corrected chi connectivity index (χ3v) is 4.47. The Morgan fingerprint density at radius 3 is 2.67 bits per heavy atom. The summed E-state index contributed by atoms with van der Waals surface area (Å²) >= 11 is 0. The van der Waals surface area contributed by atoms with Gasteiger partial charge in [0.2, 0.25) is 5.91 Å². The molecule has 1 fully saturated rings. The fourth-order valence-electron chi connectivity index (χ4n) is 3.16. The molecule has 1 aliphatic rings. The van der Waals surface area contributed by atoms with Crippen LogP contribution < -0.4 is 11.1 Å². The second-order valence-corrected chi connectivity index (χ2v) is 6.23. The maximum atomic E-state index is 12.5. The van der Waals surface area contributed by atoms with Gasteiger partial charge in [-0.05, 0) is 43.7 Å². The van der Waals surface area contributed by atoms with Crippen molar-refractivity contribution in [3.8, 4) is 0 Å². The molecule has 3 N–H and O–H groups in total. The largest absolute Gasteiger partial charge is 0.376 e. The number of nitrogens with zero attached hydrogens (tertiary/aromatic N) is 1. The predicted octanol–water partition coefficient (Wildman–Crippen LogP) is 2.30. The van der Waals surface area contributed by atoms with Crippen LogP contribution in [-0.4, -0.2) is 36.5 Å². The van der Waals surface area contributed by atoms with E-state index in [0.29, 0.717) is 19.0 Å². The maximum Gasteiger partial charge on any atom is 0.242 e. The first-order chi connectivity index (χ1) is 10.0. The lowest BCUT2D eigenvalue weighted by molar-refractivity contribution is -0.133. The third-order valence-electron chi connectivity index (χ3n) is 4.47. The van der Waals surface area contributed by atoms with Gasteiger partial charge in [0.1, 0.15) is 0 Å². The van der Waals surface area contributed by atoms with Gasteiger partial charge < -0.3 is 16.0 Å². The minimum atomic E-state index is 0.153. The number of carbonyl (C=O) groups excluding carboxylic acids is 1. The Balaban J connectivity index is 1.98. The molecule has 1 aromatic rings. The lowest BCUT2D eigenvalue weighted by Gasteiger charge is -2.38. The van der Waals surface area contributed by atoms with Gasteiger partial charge in [-0.2, -0.15) is 0 Å². The van der Waals surface area contributed by atoms with E-state index in [-0.39, 0.29) is 11.9 Å². The number of piperidine rings is 1. The second-order valence-electron chi connectivity index (χ2n) is 6.23. The summed E-state index contributed by atoms with van der Waals surface area (Å²) in [5, 5.41) is 3.30. The molecule has 0 saturated carbocycles. The number of para-hydroxylation sites is 1. The molecule has 2 rings (SSSR count). The Kier molecular flexibility index (Phi) is 5.23. The highest BCUT2D eigenvalue weighted by atomic mass is 16.2. The number of anilines is 1. The SMILES string of the molecule is Cc1cccc(C)c1NCC(=O)N1CCC(C)CC1CN. The second kappa shape index (κ2) is 6.94. The van der Waals surface area contributed by atoms with Crippen LogP contribution in [0.25, 0.3) is 0 Å². The van der Waals surface area contributed by atoms with Crippen molar-refractivity contribution in [2.75, 3.05) is 25.0 Å². The minimum absolute atomic E-state index is 0.153. The van der Waals surface area contributed by atoms with E-state index in [2.05, 4.69) is 38.2 Å². The van der Waals surface area contributed by atoms with Crippen molar-refractivity contribution in [1.82, 2.24) is 4.90 Å². The van der Waals surface area contributed by atoms with Crippen LogP contribution >= 0.6 is 0 Å². The molecule has 0 aliphatic carbocycles. The number of amides is 1. The molecule has 0 spiro atoms. The van der Waals surface area contributed by atoms with Gasteiger partial charge in [-0.25, -0.2) is 0 Å². The molecule has 0 radical (unpaired) electrons. The van der Waals surface area contributed by atoms with Gasteiger partial charge in [0.15, 0.2) is 0 Å². The van der Waals surface area contributed by atoms with E-state index in [0.717, 1.165) is 25.1 Å². The van der Waals surface area contributed by atoms with Gasteiger partial charge >= 0.3 is 0 Å². The van der Waals surface area contributed by atoms with Gasteiger partial charge in [0.25, 0.3) is 0 Å². The molecule has 0 aromatic heterocycles. The van der Waals surface area contributed by atoms with Gasteiger partial charge in [0, 0.05) is 24.8 Å². The van der Waals surface area contributed by atoms with Crippen molar-refractivity contribution in [3.63, 3.8) is 0 Å². The number of likely N-dealkylation sites (tertiary alicyclic amines) is 1.